The van der Waals surface area contributed by atoms with Gasteiger partial charge in [-0.15, -0.1) is 0 Å². The molecule has 18 rings (SSSR count). The highest BCUT2D eigenvalue weighted by Crippen LogP contribution is 2.35. The summed E-state index contributed by atoms with van der Waals surface area (Å²) in [4.78, 5) is 96.1. The Morgan fingerprint density at radius 3 is 0.733 bits per heavy atom. The average molecular weight is 2080 g/mol. The highest BCUT2D eigenvalue weighted by molar-refractivity contribution is 6.31. The van der Waals surface area contributed by atoms with Crippen molar-refractivity contribution >= 4 is 124 Å². The monoisotopic (exact) mass is 2080 g/mol. The van der Waals surface area contributed by atoms with Crippen LogP contribution in [0.3, 0.4) is 0 Å². The molecule has 6 heterocycles. The lowest BCUT2D eigenvalue weighted by Gasteiger charge is -2.10. The van der Waals surface area contributed by atoms with Crippen molar-refractivity contribution in [1.29, 1.82) is 0 Å². The Balaban J connectivity index is 0.000000150. The number of alkyl halides is 6. The van der Waals surface area contributed by atoms with Crippen LogP contribution in [0.5, 0.6) is 34.5 Å². The zero-order chi connectivity index (χ0) is 107. The lowest BCUT2D eigenvalue weighted by molar-refractivity contribution is -0.138. The van der Waals surface area contributed by atoms with Crippen LogP contribution in [0.15, 0.2) is 328 Å². The molecule has 0 saturated heterocycles. The number of esters is 6. The summed E-state index contributed by atoms with van der Waals surface area (Å²) in [5, 5.41) is 6.23. The number of ether oxygens (including phenoxy) is 12. The van der Waals surface area contributed by atoms with Crippen molar-refractivity contribution in [2.24, 2.45) is 0 Å². The zero-order valence-electron chi connectivity index (χ0n) is 81.5. The average Bonchev–Trinajstić information content (AvgIpc) is 0.832. The number of carbonyl (C=O) groups excluding carboxylic acids is 6. The van der Waals surface area contributed by atoms with Crippen LogP contribution in [0.25, 0.3) is 65.4 Å². The number of carbonyl (C=O) groups is 6. The Kier molecular flexibility index (Phi) is 39.4. The molecule has 768 valence electrons. The number of hydrogen-bond donors (Lipinski definition) is 0. The molecule has 12 aromatic carbocycles. The molecule has 34 heteroatoms. The maximum absolute atomic E-state index is 13.2. The predicted octanol–water partition coefficient (Wildman–Crippen LogP) is 27.6. The van der Waals surface area contributed by atoms with Gasteiger partial charge in [0, 0.05) is 116 Å². The molecule has 0 spiro atoms. The number of fused-ring (bicyclic) bond motifs is 6. The molecule has 0 atom stereocenters. The standard InChI is InChI=1S/2C20H16F3NO3.2C19H16ClNO3.2C19H16FNO3/c1-2-26-19(25)15-9-14-5-8-17(10-18(14)24-11-15)27-12-13-3-6-16(7-4-13)20(21,22)23;1-2-26-19(25)15-9-14-6-7-17(10-18(14)24-11-15)27-12-13-4-3-5-16(8-13)20(21,22)23;1-2-23-19(22)15-9-14-5-8-17(10-18(14)21-11-15)24-12-13-3-6-16(20)7-4-13;1-2-23-19(22)15-9-14-6-7-17(10-18(14)21-11-15)24-12-13-4-3-5-16(20)8-13;1-2-23-19(22)15-9-14-5-8-17(10-18(14)21-11-15)24-12-13-3-6-16(20)7-4-13;1-2-23-19(22)15-9-14-6-7-17(10-18(14)21-11-15)24-12-13-4-3-5-16(20)8-13/h2*3-11H,2,12H2,1H3;4*3-11H,2,12H2,1H3. The number of halogens is 10. The summed E-state index contributed by atoms with van der Waals surface area (Å²) in [5.74, 6) is 0.749. The van der Waals surface area contributed by atoms with Crippen LogP contribution < -0.4 is 28.4 Å². The molecule has 18 aromatic rings. The maximum atomic E-state index is 13.2. The first-order valence-corrected chi connectivity index (χ1v) is 47.6. The molecule has 0 unspecified atom stereocenters. The molecule has 0 aliphatic carbocycles. The van der Waals surface area contributed by atoms with E-state index in [1.54, 1.807) is 163 Å². The number of hydrogen-bond acceptors (Lipinski definition) is 24. The molecular formula is C116H96Cl2F8N6O18. The fourth-order valence-corrected chi connectivity index (χ4v) is 14.5. The first-order chi connectivity index (χ1) is 72.3. The summed E-state index contributed by atoms with van der Waals surface area (Å²) >= 11 is 11.8. The number of pyridine rings is 6. The van der Waals surface area contributed by atoms with Crippen molar-refractivity contribution in [2.75, 3.05) is 39.6 Å². The predicted molar refractivity (Wildman–Crippen MR) is 551 cm³/mol. The zero-order valence-corrected chi connectivity index (χ0v) is 83.0. The fourth-order valence-electron chi connectivity index (χ4n) is 14.1. The molecule has 0 bridgehead atoms. The smallest absolute Gasteiger partial charge is 0.416 e. The van der Waals surface area contributed by atoms with Crippen LogP contribution in [0.2, 0.25) is 10.0 Å². The van der Waals surface area contributed by atoms with Crippen LogP contribution in [0, 0.1) is 11.6 Å². The van der Waals surface area contributed by atoms with E-state index in [4.69, 9.17) is 80.0 Å². The molecule has 0 saturated carbocycles. The highest BCUT2D eigenvalue weighted by Gasteiger charge is 2.32. The van der Waals surface area contributed by atoms with Crippen molar-refractivity contribution in [3.8, 4) is 34.5 Å². The first kappa shape index (κ1) is 110. The number of nitrogens with zero attached hydrogens (tertiary/aromatic N) is 6. The van der Waals surface area contributed by atoms with Gasteiger partial charge in [-0.2, -0.15) is 26.3 Å². The van der Waals surface area contributed by atoms with E-state index < -0.39 is 41.4 Å². The van der Waals surface area contributed by atoms with Gasteiger partial charge < -0.3 is 56.8 Å². The van der Waals surface area contributed by atoms with Crippen LogP contribution in [-0.2, 0) is 80.4 Å². The molecule has 0 N–H and O–H groups in total. The van der Waals surface area contributed by atoms with E-state index in [-0.39, 0.29) is 62.6 Å². The number of rotatable bonds is 30. The van der Waals surface area contributed by atoms with Gasteiger partial charge in [0.25, 0.3) is 0 Å². The molecule has 0 fully saturated rings. The Bertz CT molecular complexity index is 7460. The Morgan fingerprint density at radius 1 is 0.233 bits per heavy atom. The molecule has 6 aromatic heterocycles. The van der Waals surface area contributed by atoms with Crippen LogP contribution in [0.1, 0.15) is 148 Å². The Labute approximate surface area is 865 Å². The van der Waals surface area contributed by atoms with Crippen LogP contribution >= 0.6 is 23.2 Å². The molecular weight excluding hydrogens is 1990 g/mol. The normalized spacial score (nSPS) is 10.9. The third kappa shape index (κ3) is 32.9. The van der Waals surface area contributed by atoms with Crippen molar-refractivity contribution in [1.82, 2.24) is 29.9 Å². The van der Waals surface area contributed by atoms with E-state index in [1.807, 2.05) is 103 Å². The fraction of sp³-hybridized carbons (Fsp3) is 0.172. The SMILES string of the molecule is CCOC(=O)c1cnc2cc(OCc3ccc(C(F)(F)F)cc3)ccc2c1.CCOC(=O)c1cnc2cc(OCc3ccc(Cl)cc3)ccc2c1.CCOC(=O)c1cnc2cc(OCc3ccc(F)cc3)ccc2c1.CCOC(=O)c1cnc2cc(OCc3cccc(C(F)(F)F)c3)ccc2c1.CCOC(=O)c1cnc2cc(OCc3cccc(Cl)c3)ccc2c1.CCOC(=O)c1cnc2cc(OCc3cccc(F)c3)ccc2c1. The quantitative estimate of drug-likeness (QED) is 0.0229. The first-order valence-electron chi connectivity index (χ1n) is 46.8. The third-order valence-electron chi connectivity index (χ3n) is 21.6. The van der Waals surface area contributed by atoms with Gasteiger partial charge in [-0.3, -0.25) is 29.9 Å². The largest absolute Gasteiger partial charge is 0.489 e. The van der Waals surface area contributed by atoms with Crippen LogP contribution in [-0.4, -0.2) is 105 Å². The highest BCUT2D eigenvalue weighted by atomic mass is 35.5. The minimum atomic E-state index is -4.39. The topological polar surface area (TPSA) is 291 Å². The molecule has 150 heavy (non-hydrogen) atoms. The van der Waals surface area contributed by atoms with Crippen molar-refractivity contribution in [3.63, 3.8) is 0 Å². The minimum Gasteiger partial charge on any atom is -0.489 e. The lowest BCUT2D eigenvalue weighted by Crippen LogP contribution is -2.06. The molecule has 0 aliphatic heterocycles. The second-order valence-corrected chi connectivity index (χ2v) is 33.3. The summed E-state index contributed by atoms with van der Waals surface area (Å²) in [6.45, 7) is 14.0. The summed E-state index contributed by atoms with van der Waals surface area (Å²) < 4.78 is 166. The van der Waals surface area contributed by atoms with Gasteiger partial charge in [0.05, 0.1) is 117 Å². The van der Waals surface area contributed by atoms with E-state index in [9.17, 15) is 63.9 Å². The van der Waals surface area contributed by atoms with Crippen molar-refractivity contribution < 1.29 is 121 Å². The molecule has 0 amide bonds. The van der Waals surface area contributed by atoms with E-state index in [1.165, 1.54) is 79.6 Å². The second-order valence-electron chi connectivity index (χ2n) is 32.4. The second kappa shape index (κ2) is 53.7. The van der Waals surface area contributed by atoms with Gasteiger partial charge in [-0.05, 0) is 257 Å². The van der Waals surface area contributed by atoms with Gasteiger partial charge in [0.2, 0.25) is 0 Å². The lowest BCUT2D eigenvalue weighted by atomic mass is 10.1. The van der Waals surface area contributed by atoms with Gasteiger partial charge >= 0.3 is 48.2 Å². The molecule has 0 radical (unpaired) electrons. The summed E-state index contributed by atoms with van der Waals surface area (Å²) in [7, 11) is 0. The van der Waals surface area contributed by atoms with Gasteiger partial charge in [-0.1, -0.05) is 96.0 Å². The third-order valence-corrected chi connectivity index (χ3v) is 22.1. The molecule has 0 aliphatic rings. The molecule has 24 nitrogen and oxygen atoms in total. The van der Waals surface area contributed by atoms with E-state index in [2.05, 4.69) is 29.9 Å². The van der Waals surface area contributed by atoms with E-state index in [0.29, 0.717) is 152 Å². The summed E-state index contributed by atoms with van der Waals surface area (Å²) in [6.07, 6.45) is 0.104. The van der Waals surface area contributed by atoms with Gasteiger partial charge in [0.1, 0.15) is 85.8 Å². The Morgan fingerprint density at radius 2 is 0.473 bits per heavy atom. The summed E-state index contributed by atoms with van der Waals surface area (Å²) in [5.41, 5.74) is 9.89. The van der Waals surface area contributed by atoms with Crippen LogP contribution in [0.4, 0.5) is 35.1 Å². The minimum absolute atomic E-state index is 0.00363. The van der Waals surface area contributed by atoms with Crippen molar-refractivity contribution in [3.05, 3.63) is 428 Å². The van der Waals surface area contributed by atoms with E-state index in [0.717, 1.165) is 95.4 Å². The Hall–Kier alpha value is -17.3. The van der Waals surface area contributed by atoms with Gasteiger partial charge in [0.15, 0.2) is 0 Å². The number of aromatic nitrogens is 6. The van der Waals surface area contributed by atoms with Gasteiger partial charge in [-0.25, -0.2) is 37.5 Å². The summed E-state index contributed by atoms with van der Waals surface area (Å²) in [6, 6.07) is 79.9. The maximum Gasteiger partial charge on any atom is 0.416 e. The number of benzene rings is 12. The van der Waals surface area contributed by atoms with E-state index >= 15 is 0 Å². The van der Waals surface area contributed by atoms with Crippen molar-refractivity contribution in [2.45, 2.75) is 93.5 Å².